The van der Waals surface area contributed by atoms with Gasteiger partial charge in [0.1, 0.15) is 5.65 Å². The Kier molecular flexibility index (Phi) is 4.42. The Morgan fingerprint density at radius 2 is 2.15 bits per heavy atom. The minimum atomic E-state index is -0.385. The maximum Gasteiger partial charge on any atom is 0.280 e. The molecule has 0 aliphatic carbocycles. The lowest BCUT2D eigenvalue weighted by molar-refractivity contribution is 0.0999. The zero-order valence-corrected chi connectivity index (χ0v) is 15.0. The van der Waals surface area contributed by atoms with E-state index in [1.807, 2.05) is 18.2 Å². The molecular weight excluding hydrogens is 372 g/mol. The van der Waals surface area contributed by atoms with E-state index in [0.29, 0.717) is 37.8 Å². The maximum absolute atomic E-state index is 12.8. The molecule has 0 aliphatic rings. The van der Waals surface area contributed by atoms with Crippen LogP contribution in [-0.4, -0.2) is 25.5 Å². The number of pyridine rings is 1. The molecule has 4 aromatic rings. The number of benzene rings is 1. The molecule has 6 nitrogen and oxygen atoms in total. The van der Waals surface area contributed by atoms with Crippen LogP contribution in [-0.2, 0) is 6.61 Å². The quantitative estimate of drug-likeness (QED) is 0.568. The standard InChI is InChI=1S/C18H13ClN4O2S/c19-14-3-1-2-4-15(14)23-11(9-24)10-26-18(23)22-17(25)13-6-8-21-16-12(13)5-7-20-16/h1-8,10,24H,9H2,(H,20,21)/b22-18-. The number of rotatable bonds is 3. The Morgan fingerprint density at radius 3 is 2.96 bits per heavy atom. The van der Waals surface area contributed by atoms with Gasteiger partial charge in [0.25, 0.3) is 5.91 Å². The van der Waals surface area contributed by atoms with Gasteiger partial charge in [-0.05, 0) is 24.3 Å². The number of hydrogen-bond acceptors (Lipinski definition) is 4. The molecule has 0 bridgehead atoms. The van der Waals surface area contributed by atoms with E-state index in [0.717, 1.165) is 0 Å². The lowest BCUT2D eigenvalue weighted by atomic mass is 10.2. The fraction of sp³-hybridized carbons (Fsp3) is 0.0556. The molecule has 26 heavy (non-hydrogen) atoms. The second-order valence-corrected chi connectivity index (χ2v) is 6.71. The zero-order chi connectivity index (χ0) is 18.1. The van der Waals surface area contributed by atoms with Crippen molar-refractivity contribution in [2.45, 2.75) is 6.61 Å². The molecule has 0 fully saturated rings. The van der Waals surface area contributed by atoms with Gasteiger partial charge in [-0.3, -0.25) is 9.36 Å². The van der Waals surface area contributed by atoms with Crippen molar-refractivity contribution in [1.29, 1.82) is 0 Å². The van der Waals surface area contributed by atoms with Crippen molar-refractivity contribution in [3.05, 3.63) is 75.3 Å². The van der Waals surface area contributed by atoms with E-state index in [1.165, 1.54) is 11.3 Å². The number of hydrogen-bond donors (Lipinski definition) is 2. The third-order valence-electron chi connectivity index (χ3n) is 3.92. The first-order valence-corrected chi connectivity index (χ1v) is 9.01. The highest BCUT2D eigenvalue weighted by molar-refractivity contribution is 7.07. The van der Waals surface area contributed by atoms with Crippen LogP contribution < -0.4 is 4.80 Å². The summed E-state index contributed by atoms with van der Waals surface area (Å²) in [7, 11) is 0. The molecule has 0 aliphatic heterocycles. The van der Waals surface area contributed by atoms with Gasteiger partial charge in [0.15, 0.2) is 4.80 Å². The van der Waals surface area contributed by atoms with Gasteiger partial charge in [0, 0.05) is 23.2 Å². The van der Waals surface area contributed by atoms with E-state index in [1.54, 1.807) is 40.5 Å². The molecule has 0 saturated carbocycles. The number of amides is 1. The topological polar surface area (TPSA) is 83.3 Å². The number of aromatic amines is 1. The molecule has 8 heteroatoms. The number of para-hydroxylation sites is 1. The number of H-pyrrole nitrogens is 1. The summed E-state index contributed by atoms with van der Waals surface area (Å²) in [5.74, 6) is -0.385. The van der Waals surface area contributed by atoms with Crippen LogP contribution in [0.4, 0.5) is 0 Å². The van der Waals surface area contributed by atoms with Crippen LogP contribution >= 0.6 is 22.9 Å². The van der Waals surface area contributed by atoms with Gasteiger partial charge in [-0.15, -0.1) is 11.3 Å². The summed E-state index contributed by atoms with van der Waals surface area (Å²) in [5.41, 5.74) is 2.36. The number of aromatic nitrogens is 3. The highest BCUT2D eigenvalue weighted by atomic mass is 35.5. The van der Waals surface area contributed by atoms with Crippen LogP contribution in [0.3, 0.4) is 0 Å². The van der Waals surface area contributed by atoms with Crippen LogP contribution in [0, 0.1) is 0 Å². The molecule has 0 spiro atoms. The highest BCUT2D eigenvalue weighted by Crippen LogP contribution is 2.21. The average molecular weight is 385 g/mol. The molecule has 3 aromatic heterocycles. The fourth-order valence-electron chi connectivity index (χ4n) is 2.72. The first kappa shape index (κ1) is 16.7. The molecule has 0 radical (unpaired) electrons. The van der Waals surface area contributed by atoms with Crippen molar-refractivity contribution in [1.82, 2.24) is 14.5 Å². The molecule has 1 aromatic carbocycles. The Bertz CT molecular complexity index is 1180. The van der Waals surface area contributed by atoms with Crippen molar-refractivity contribution in [3.63, 3.8) is 0 Å². The summed E-state index contributed by atoms with van der Waals surface area (Å²) in [6.07, 6.45) is 3.30. The van der Waals surface area contributed by atoms with Gasteiger partial charge < -0.3 is 10.1 Å². The summed E-state index contributed by atoms with van der Waals surface area (Å²) in [6, 6.07) is 10.7. The van der Waals surface area contributed by atoms with Crippen molar-refractivity contribution in [2.24, 2.45) is 4.99 Å². The number of aliphatic hydroxyl groups excluding tert-OH is 1. The maximum atomic E-state index is 12.8. The number of fused-ring (bicyclic) bond motifs is 1. The lowest BCUT2D eigenvalue weighted by Gasteiger charge is -2.09. The summed E-state index contributed by atoms with van der Waals surface area (Å²) in [5, 5.41) is 12.6. The van der Waals surface area contributed by atoms with E-state index in [9.17, 15) is 9.90 Å². The predicted octanol–water partition coefficient (Wildman–Crippen LogP) is 3.30. The summed E-state index contributed by atoms with van der Waals surface area (Å²) in [6.45, 7) is -0.192. The van der Waals surface area contributed by atoms with E-state index < -0.39 is 0 Å². The van der Waals surface area contributed by atoms with Gasteiger partial charge in [-0.25, -0.2) is 4.98 Å². The second-order valence-electron chi connectivity index (χ2n) is 5.47. The summed E-state index contributed by atoms with van der Waals surface area (Å²) in [4.78, 5) is 24.7. The molecule has 4 rings (SSSR count). The Labute approximate surface area is 157 Å². The summed E-state index contributed by atoms with van der Waals surface area (Å²) >= 11 is 7.56. The van der Waals surface area contributed by atoms with Crippen LogP contribution in [0.15, 0.2) is 59.2 Å². The van der Waals surface area contributed by atoms with E-state index in [2.05, 4.69) is 15.0 Å². The molecule has 0 unspecified atom stereocenters. The molecule has 2 N–H and O–H groups in total. The number of halogens is 1. The average Bonchev–Trinajstić information content (AvgIpc) is 3.28. The third kappa shape index (κ3) is 2.86. The number of nitrogens with one attached hydrogen (secondary N) is 1. The minimum Gasteiger partial charge on any atom is -0.390 e. The SMILES string of the molecule is O=C(/N=c1\scc(CO)n1-c1ccccc1Cl)c1ccnc2[nH]ccc12. The lowest BCUT2D eigenvalue weighted by Crippen LogP contribution is -2.18. The van der Waals surface area contributed by atoms with Gasteiger partial charge in [-0.2, -0.15) is 4.99 Å². The fourth-order valence-corrected chi connectivity index (χ4v) is 3.82. The van der Waals surface area contributed by atoms with Gasteiger partial charge in [0.2, 0.25) is 0 Å². The second kappa shape index (κ2) is 6.87. The van der Waals surface area contributed by atoms with Crippen LogP contribution in [0.2, 0.25) is 5.02 Å². The third-order valence-corrected chi connectivity index (χ3v) is 5.12. The molecule has 0 saturated heterocycles. The van der Waals surface area contributed by atoms with Crippen molar-refractivity contribution < 1.29 is 9.90 Å². The van der Waals surface area contributed by atoms with Crippen molar-refractivity contribution >= 4 is 39.9 Å². The monoisotopic (exact) mass is 384 g/mol. The normalized spacial score (nSPS) is 12.0. The molecule has 0 atom stereocenters. The van der Waals surface area contributed by atoms with E-state index in [4.69, 9.17) is 11.6 Å². The van der Waals surface area contributed by atoms with E-state index >= 15 is 0 Å². The van der Waals surface area contributed by atoms with Crippen LogP contribution in [0.5, 0.6) is 0 Å². The first-order chi connectivity index (χ1) is 12.7. The number of carbonyl (C=O) groups is 1. The number of thiazole rings is 1. The van der Waals surface area contributed by atoms with Crippen LogP contribution in [0.25, 0.3) is 16.7 Å². The van der Waals surface area contributed by atoms with Crippen molar-refractivity contribution in [2.75, 3.05) is 0 Å². The summed E-state index contributed by atoms with van der Waals surface area (Å²) < 4.78 is 1.69. The molecular formula is C18H13ClN4O2S. The zero-order valence-electron chi connectivity index (χ0n) is 13.4. The minimum absolute atomic E-state index is 0.192. The van der Waals surface area contributed by atoms with Gasteiger partial charge in [0.05, 0.1) is 28.6 Å². The molecule has 3 heterocycles. The van der Waals surface area contributed by atoms with E-state index in [-0.39, 0.29) is 12.5 Å². The molecule has 130 valence electrons. The van der Waals surface area contributed by atoms with Gasteiger partial charge >= 0.3 is 0 Å². The molecule has 1 amide bonds. The number of nitrogens with zero attached hydrogens (tertiary/aromatic N) is 3. The Morgan fingerprint density at radius 1 is 1.31 bits per heavy atom. The highest BCUT2D eigenvalue weighted by Gasteiger charge is 2.14. The van der Waals surface area contributed by atoms with Crippen molar-refractivity contribution in [3.8, 4) is 5.69 Å². The smallest absolute Gasteiger partial charge is 0.280 e. The Hall–Kier alpha value is -2.74. The van der Waals surface area contributed by atoms with Crippen LogP contribution in [0.1, 0.15) is 16.1 Å². The predicted molar refractivity (Wildman–Crippen MR) is 101 cm³/mol. The van der Waals surface area contributed by atoms with Gasteiger partial charge in [-0.1, -0.05) is 23.7 Å². The number of aliphatic hydroxyl groups is 1. The largest absolute Gasteiger partial charge is 0.390 e. The first-order valence-electron chi connectivity index (χ1n) is 7.75. The Balaban J connectivity index is 1.89. The number of carbonyl (C=O) groups excluding carboxylic acids is 1.